The topological polar surface area (TPSA) is 144 Å². The summed E-state index contributed by atoms with van der Waals surface area (Å²) in [5.74, 6) is 0.495. The van der Waals surface area contributed by atoms with E-state index in [1.807, 2.05) is 49.4 Å². The number of hydrogen-bond donors (Lipinski definition) is 5. The third-order valence-corrected chi connectivity index (χ3v) is 7.60. The molecule has 0 saturated carbocycles. The van der Waals surface area contributed by atoms with Crippen LogP contribution in [0.5, 0.6) is 0 Å². The van der Waals surface area contributed by atoms with Crippen molar-refractivity contribution in [3.05, 3.63) is 71.0 Å². The fourth-order valence-corrected chi connectivity index (χ4v) is 5.59. The van der Waals surface area contributed by atoms with E-state index in [1.165, 1.54) is 0 Å². The lowest BCUT2D eigenvalue weighted by molar-refractivity contribution is 0.0699. The molecule has 0 bridgehead atoms. The molecule has 39 heavy (non-hydrogen) atoms. The van der Waals surface area contributed by atoms with Gasteiger partial charge >= 0.3 is 5.97 Å². The molecule has 0 amide bonds. The van der Waals surface area contributed by atoms with Crippen molar-refractivity contribution in [3.8, 4) is 0 Å². The Morgan fingerprint density at radius 2 is 1.79 bits per heavy atom. The maximum absolute atomic E-state index is 12.4. The number of piperidine rings is 1. The van der Waals surface area contributed by atoms with Gasteiger partial charge in [0.15, 0.2) is 0 Å². The fraction of sp³-hybridized carbons (Fsp3) is 0.333. The molecule has 3 aromatic carbocycles. The van der Waals surface area contributed by atoms with Crippen LogP contribution in [0.15, 0.2) is 48.5 Å². The summed E-state index contributed by atoms with van der Waals surface area (Å²) < 4.78 is 2.12. The van der Waals surface area contributed by atoms with Crippen LogP contribution in [0.3, 0.4) is 0 Å². The lowest BCUT2D eigenvalue weighted by Crippen LogP contribution is -2.41. The molecular formula is C30H35N7O2. The molecule has 9 nitrogen and oxygen atoms in total. The van der Waals surface area contributed by atoms with Crippen LogP contribution in [-0.2, 0) is 6.54 Å². The zero-order chi connectivity index (χ0) is 27.8. The number of anilines is 1. The minimum Gasteiger partial charge on any atom is -0.478 e. The third kappa shape index (κ3) is 5.04. The number of hydrogen-bond acceptors (Lipinski definition) is 5. The Morgan fingerprint density at radius 1 is 1.10 bits per heavy atom. The number of rotatable bonds is 7. The molecule has 0 spiro atoms. The van der Waals surface area contributed by atoms with Crippen molar-refractivity contribution in [2.75, 3.05) is 18.4 Å². The van der Waals surface area contributed by atoms with Crippen LogP contribution in [0.4, 0.5) is 5.69 Å². The third-order valence-electron chi connectivity index (χ3n) is 7.60. The summed E-state index contributed by atoms with van der Waals surface area (Å²) in [4.78, 5) is 19.3. The number of amidine groups is 2. The van der Waals surface area contributed by atoms with Crippen LogP contribution in [0.1, 0.15) is 66.8 Å². The molecule has 0 radical (unpaired) electrons. The number of nitrogens with zero attached hydrogens (tertiary/aromatic N) is 3. The highest BCUT2D eigenvalue weighted by atomic mass is 16.4. The first-order valence-electron chi connectivity index (χ1n) is 13.3. The largest absolute Gasteiger partial charge is 0.478 e. The minimum atomic E-state index is -1.01. The van der Waals surface area contributed by atoms with E-state index in [-0.39, 0.29) is 23.4 Å². The fourth-order valence-electron chi connectivity index (χ4n) is 5.59. The highest BCUT2D eigenvalue weighted by molar-refractivity contribution is 6.08. The van der Waals surface area contributed by atoms with Crippen LogP contribution in [0.25, 0.3) is 21.8 Å². The van der Waals surface area contributed by atoms with E-state index in [4.69, 9.17) is 21.5 Å². The normalized spacial score (nSPS) is 14.3. The van der Waals surface area contributed by atoms with Crippen molar-refractivity contribution in [1.29, 1.82) is 10.8 Å². The van der Waals surface area contributed by atoms with Gasteiger partial charge in [-0.25, -0.2) is 9.78 Å². The second-order valence-electron chi connectivity index (χ2n) is 10.6. The number of fused-ring (bicyclic) bond motifs is 2. The van der Waals surface area contributed by atoms with Crippen LogP contribution in [-0.4, -0.2) is 56.3 Å². The molecule has 1 aliphatic rings. The van der Waals surface area contributed by atoms with Gasteiger partial charge in [-0.15, -0.1) is 0 Å². The Kier molecular flexibility index (Phi) is 6.99. The van der Waals surface area contributed by atoms with Gasteiger partial charge in [-0.3, -0.25) is 10.8 Å². The zero-order valence-electron chi connectivity index (χ0n) is 22.6. The van der Waals surface area contributed by atoms with Crippen molar-refractivity contribution in [1.82, 2.24) is 14.5 Å². The number of aromatic nitrogens is 2. The van der Waals surface area contributed by atoms with Crippen molar-refractivity contribution < 1.29 is 9.90 Å². The molecule has 202 valence electrons. The van der Waals surface area contributed by atoms with E-state index in [0.29, 0.717) is 23.5 Å². The first kappa shape index (κ1) is 26.2. The van der Waals surface area contributed by atoms with Crippen molar-refractivity contribution >= 4 is 45.1 Å². The molecule has 2 heterocycles. The smallest absolute Gasteiger partial charge is 0.338 e. The number of benzene rings is 3. The molecule has 1 aromatic heterocycles. The van der Waals surface area contributed by atoms with Crippen molar-refractivity contribution in [2.24, 2.45) is 5.73 Å². The van der Waals surface area contributed by atoms with E-state index in [0.717, 1.165) is 59.3 Å². The van der Waals surface area contributed by atoms with Gasteiger partial charge in [0.05, 0.1) is 16.9 Å². The Morgan fingerprint density at radius 3 is 2.41 bits per heavy atom. The lowest BCUT2D eigenvalue weighted by Gasteiger charge is -2.33. The molecule has 0 aliphatic carbocycles. The zero-order valence-corrected chi connectivity index (χ0v) is 22.6. The summed E-state index contributed by atoms with van der Waals surface area (Å²) in [6.45, 7) is 8.05. The second-order valence-corrected chi connectivity index (χ2v) is 10.6. The highest BCUT2D eigenvalue weighted by Gasteiger charge is 2.24. The standard InChI is InChI=1S/C30H35N7O2/c1-17(2)29-35-27-25(30(38)39)14-21(34-20-10-12-36(13-11-20)18(3)31)15-26(27)37(29)16-19-8-9-24(28(32)33)23-7-5-4-6-22(19)23/h4-9,14-15,17,20,31,34H,10-13,16H2,1-3H3,(H3,32,33)(H,38,39). The van der Waals surface area contributed by atoms with E-state index in [1.54, 1.807) is 6.07 Å². The van der Waals surface area contributed by atoms with E-state index >= 15 is 0 Å². The number of carboxylic acids is 1. The Labute approximate surface area is 227 Å². The monoisotopic (exact) mass is 525 g/mol. The molecule has 1 fully saturated rings. The van der Waals surface area contributed by atoms with Crippen LogP contribution in [0, 0.1) is 10.8 Å². The first-order valence-corrected chi connectivity index (χ1v) is 13.3. The summed E-state index contributed by atoms with van der Waals surface area (Å²) >= 11 is 0. The minimum absolute atomic E-state index is 0.0251. The Balaban J connectivity index is 1.59. The molecule has 1 aliphatic heterocycles. The summed E-state index contributed by atoms with van der Waals surface area (Å²) in [5, 5.41) is 31.5. The van der Waals surface area contributed by atoms with Gasteiger partial charge in [0.25, 0.3) is 0 Å². The number of imidazole rings is 1. The summed E-state index contributed by atoms with van der Waals surface area (Å²) in [6.07, 6.45) is 1.75. The number of nitrogens with two attached hydrogens (primary N) is 1. The van der Waals surface area contributed by atoms with E-state index < -0.39 is 5.97 Å². The molecule has 5 rings (SSSR count). The number of aromatic carboxylic acids is 1. The predicted molar refractivity (Wildman–Crippen MR) is 156 cm³/mol. The van der Waals surface area contributed by atoms with Crippen LogP contribution >= 0.6 is 0 Å². The predicted octanol–water partition coefficient (Wildman–Crippen LogP) is 5.22. The van der Waals surface area contributed by atoms with Gasteiger partial charge in [0.1, 0.15) is 17.2 Å². The second kappa shape index (κ2) is 10.4. The van der Waals surface area contributed by atoms with Gasteiger partial charge in [0.2, 0.25) is 0 Å². The van der Waals surface area contributed by atoms with Crippen molar-refractivity contribution in [2.45, 2.75) is 52.1 Å². The molecule has 4 aromatic rings. The van der Waals surface area contributed by atoms with Gasteiger partial charge in [-0.05, 0) is 48.2 Å². The lowest BCUT2D eigenvalue weighted by atomic mass is 9.98. The highest BCUT2D eigenvalue weighted by Crippen LogP contribution is 2.32. The summed E-state index contributed by atoms with van der Waals surface area (Å²) in [7, 11) is 0. The maximum Gasteiger partial charge on any atom is 0.338 e. The number of nitrogen functional groups attached to an aromatic ring is 1. The number of carbonyl (C=O) groups is 1. The Bertz CT molecular complexity index is 1600. The van der Waals surface area contributed by atoms with Gasteiger partial charge < -0.3 is 25.6 Å². The molecule has 6 N–H and O–H groups in total. The molecule has 0 unspecified atom stereocenters. The number of nitrogens with one attached hydrogen (secondary N) is 3. The molecule has 0 atom stereocenters. The van der Waals surface area contributed by atoms with E-state index in [9.17, 15) is 9.90 Å². The Hall–Kier alpha value is -4.40. The number of likely N-dealkylation sites (tertiary alicyclic amines) is 1. The van der Waals surface area contributed by atoms with Crippen LogP contribution < -0.4 is 11.1 Å². The van der Waals surface area contributed by atoms with E-state index in [2.05, 4.69) is 28.6 Å². The van der Waals surface area contributed by atoms with Gasteiger partial charge in [-0.1, -0.05) is 50.2 Å². The van der Waals surface area contributed by atoms with Gasteiger partial charge in [0, 0.05) is 42.8 Å². The maximum atomic E-state index is 12.4. The molecular weight excluding hydrogens is 490 g/mol. The van der Waals surface area contributed by atoms with Crippen LogP contribution in [0.2, 0.25) is 0 Å². The first-order chi connectivity index (χ1) is 18.6. The molecule has 1 saturated heterocycles. The summed E-state index contributed by atoms with van der Waals surface area (Å²) in [5.41, 5.74) is 9.79. The van der Waals surface area contributed by atoms with Crippen molar-refractivity contribution in [3.63, 3.8) is 0 Å². The average molecular weight is 526 g/mol. The van der Waals surface area contributed by atoms with Gasteiger partial charge in [-0.2, -0.15) is 0 Å². The number of carboxylic acid groups (broad SMARTS) is 1. The molecule has 9 heteroatoms. The summed E-state index contributed by atoms with van der Waals surface area (Å²) in [6, 6.07) is 15.7. The quantitative estimate of drug-likeness (QED) is 0.165. The average Bonchev–Trinajstić information content (AvgIpc) is 3.27. The SMILES string of the molecule is CC(=N)N1CCC(Nc2cc(C(=O)O)c3nc(C(C)C)n(Cc4ccc(C(=N)N)c5ccccc45)c3c2)CC1.